The van der Waals surface area contributed by atoms with Crippen molar-refractivity contribution in [1.29, 1.82) is 0 Å². The lowest BCUT2D eigenvalue weighted by molar-refractivity contribution is 0.445. The highest BCUT2D eigenvalue weighted by Gasteiger charge is 2.27. The van der Waals surface area contributed by atoms with E-state index in [1.165, 1.54) is 4.57 Å². The number of hydrogen-bond donors (Lipinski definition) is 1. The van der Waals surface area contributed by atoms with Crippen molar-refractivity contribution in [3.63, 3.8) is 0 Å². The van der Waals surface area contributed by atoms with Gasteiger partial charge in [0.15, 0.2) is 23.3 Å². The van der Waals surface area contributed by atoms with Gasteiger partial charge in [-0.15, -0.1) is 0 Å². The average molecular weight is 299 g/mol. The molecule has 0 amide bonds. The summed E-state index contributed by atoms with van der Waals surface area (Å²) in [4.78, 5) is 4.31. The lowest BCUT2D eigenvalue weighted by atomic mass is 10.1. The Bertz CT molecular complexity index is 683. The van der Waals surface area contributed by atoms with Crippen molar-refractivity contribution in [2.24, 2.45) is 0 Å². The Balaban J connectivity index is 2.33. The number of aromatic nitrogens is 2. The van der Waals surface area contributed by atoms with Gasteiger partial charge in [0, 0.05) is 37.7 Å². The van der Waals surface area contributed by atoms with Gasteiger partial charge in [-0.05, 0) is 0 Å². The second-order valence-corrected chi connectivity index (χ2v) is 4.85. The lowest BCUT2D eigenvalue weighted by Crippen LogP contribution is -2.25. The van der Waals surface area contributed by atoms with Crippen LogP contribution >= 0.6 is 0 Å². The van der Waals surface area contributed by atoms with Crippen LogP contribution in [0, 0.1) is 23.3 Å². The summed E-state index contributed by atoms with van der Waals surface area (Å²) in [6.45, 7) is 2.85. The van der Waals surface area contributed by atoms with Crippen molar-refractivity contribution >= 4 is 0 Å². The molecule has 0 fully saturated rings. The lowest BCUT2D eigenvalue weighted by Gasteiger charge is -2.17. The van der Waals surface area contributed by atoms with Gasteiger partial charge in [-0.2, -0.15) is 0 Å². The van der Waals surface area contributed by atoms with Crippen LogP contribution in [0.1, 0.15) is 24.1 Å². The van der Waals surface area contributed by atoms with Gasteiger partial charge in [0.1, 0.15) is 11.5 Å². The topological polar surface area (TPSA) is 29.9 Å². The van der Waals surface area contributed by atoms with Crippen LogP contribution in [0.25, 0.3) is 5.69 Å². The minimum atomic E-state index is -1.41. The molecule has 0 saturated carbocycles. The average Bonchev–Trinajstić information content (AvgIpc) is 2.84. The molecule has 0 spiro atoms. The Morgan fingerprint density at radius 1 is 1.19 bits per heavy atom. The van der Waals surface area contributed by atoms with Crippen molar-refractivity contribution in [2.45, 2.75) is 26.3 Å². The van der Waals surface area contributed by atoms with Crippen molar-refractivity contribution in [3.05, 3.63) is 46.5 Å². The van der Waals surface area contributed by atoms with Gasteiger partial charge in [-0.25, -0.2) is 22.5 Å². The summed E-state index contributed by atoms with van der Waals surface area (Å²) in [6, 6.07) is 0.213. The zero-order valence-electron chi connectivity index (χ0n) is 11.3. The van der Waals surface area contributed by atoms with Crippen molar-refractivity contribution in [3.8, 4) is 5.69 Å². The monoisotopic (exact) mass is 299 g/mol. The molecule has 2 aromatic rings. The fourth-order valence-corrected chi connectivity index (χ4v) is 2.62. The molecule has 1 aromatic carbocycles. The van der Waals surface area contributed by atoms with Crippen molar-refractivity contribution in [2.75, 3.05) is 6.54 Å². The number of nitrogens with one attached hydrogen (secondary N) is 1. The molecule has 0 bridgehead atoms. The van der Waals surface area contributed by atoms with Crippen LogP contribution in [0.4, 0.5) is 17.6 Å². The Hall–Kier alpha value is -1.89. The molecule has 3 rings (SSSR count). The van der Waals surface area contributed by atoms with Crippen LogP contribution in [-0.4, -0.2) is 16.1 Å². The number of hydrogen-bond acceptors (Lipinski definition) is 2. The molecular formula is C14H13F4N3. The van der Waals surface area contributed by atoms with Crippen molar-refractivity contribution in [1.82, 2.24) is 14.9 Å². The van der Waals surface area contributed by atoms with E-state index in [9.17, 15) is 17.6 Å². The van der Waals surface area contributed by atoms with E-state index in [4.69, 9.17) is 0 Å². The molecule has 0 saturated heterocycles. The maximum absolute atomic E-state index is 14.0. The zero-order valence-corrected chi connectivity index (χ0v) is 11.3. The Kier molecular flexibility index (Phi) is 3.44. The molecule has 0 radical (unpaired) electrons. The standard InChI is InChI=1S/C14H13F4N3/c1-2-11-20-9-6-19-4-3-10(9)21(11)14-12(17)7(15)5-8(16)13(14)18/h5,19H,2-4,6H2,1H3. The minimum Gasteiger partial charge on any atom is -0.311 e. The number of aryl methyl sites for hydroxylation is 1. The predicted octanol–water partition coefficient (Wildman–Crippen LogP) is 2.64. The third-order valence-electron chi connectivity index (χ3n) is 3.58. The van der Waals surface area contributed by atoms with Gasteiger partial charge in [-0.3, -0.25) is 4.57 Å². The van der Waals surface area contributed by atoms with Gasteiger partial charge in [-0.1, -0.05) is 6.92 Å². The Labute approximate surface area is 118 Å². The fraction of sp³-hybridized carbons (Fsp3) is 0.357. The van der Waals surface area contributed by atoms with E-state index in [2.05, 4.69) is 10.3 Å². The molecule has 0 atom stereocenters. The van der Waals surface area contributed by atoms with Crippen LogP contribution in [0.5, 0.6) is 0 Å². The van der Waals surface area contributed by atoms with Crippen molar-refractivity contribution < 1.29 is 17.6 Å². The third kappa shape index (κ3) is 2.12. The Morgan fingerprint density at radius 2 is 1.86 bits per heavy atom. The molecule has 0 unspecified atom stereocenters. The Morgan fingerprint density at radius 3 is 2.48 bits per heavy atom. The highest BCUT2D eigenvalue weighted by atomic mass is 19.2. The number of benzene rings is 1. The molecule has 1 aliphatic heterocycles. The maximum Gasteiger partial charge on any atom is 0.186 e. The normalized spacial score (nSPS) is 14.3. The molecule has 7 heteroatoms. The number of nitrogens with zero attached hydrogens (tertiary/aromatic N) is 2. The highest BCUT2D eigenvalue weighted by Crippen LogP contribution is 2.28. The SMILES string of the molecule is CCc1nc2c(n1-c1c(F)c(F)cc(F)c1F)CCNC2. The molecule has 1 aliphatic rings. The van der Waals surface area contributed by atoms with E-state index >= 15 is 0 Å². The van der Waals surface area contributed by atoms with Crippen LogP contribution in [-0.2, 0) is 19.4 Å². The molecule has 21 heavy (non-hydrogen) atoms. The molecular weight excluding hydrogens is 286 g/mol. The summed E-state index contributed by atoms with van der Waals surface area (Å²) in [6.07, 6.45) is 0.878. The number of halogens is 4. The second kappa shape index (κ2) is 5.14. The summed E-state index contributed by atoms with van der Waals surface area (Å²) >= 11 is 0. The van der Waals surface area contributed by atoms with E-state index in [1.54, 1.807) is 6.92 Å². The van der Waals surface area contributed by atoms with Gasteiger partial charge >= 0.3 is 0 Å². The predicted molar refractivity (Wildman–Crippen MR) is 68.2 cm³/mol. The van der Waals surface area contributed by atoms with E-state index in [0.29, 0.717) is 43.1 Å². The summed E-state index contributed by atoms with van der Waals surface area (Å²) < 4.78 is 56.2. The van der Waals surface area contributed by atoms with E-state index in [1.807, 2.05) is 0 Å². The molecule has 1 aromatic heterocycles. The van der Waals surface area contributed by atoms with E-state index < -0.39 is 29.0 Å². The van der Waals surface area contributed by atoms with Crippen LogP contribution < -0.4 is 5.32 Å². The van der Waals surface area contributed by atoms with Gasteiger partial charge in [0.2, 0.25) is 0 Å². The molecule has 3 nitrogen and oxygen atoms in total. The maximum atomic E-state index is 14.0. The van der Waals surface area contributed by atoms with Gasteiger partial charge < -0.3 is 5.32 Å². The first-order valence-corrected chi connectivity index (χ1v) is 6.68. The summed E-state index contributed by atoms with van der Waals surface area (Å²) in [5.41, 5.74) is 0.523. The zero-order chi connectivity index (χ0) is 15.1. The van der Waals surface area contributed by atoms with E-state index in [-0.39, 0.29) is 6.07 Å². The molecule has 2 heterocycles. The summed E-state index contributed by atoms with van der Waals surface area (Å²) in [5.74, 6) is -5.25. The van der Waals surface area contributed by atoms with Crippen LogP contribution in [0.15, 0.2) is 6.07 Å². The van der Waals surface area contributed by atoms with Gasteiger partial charge in [0.25, 0.3) is 0 Å². The fourth-order valence-electron chi connectivity index (χ4n) is 2.62. The van der Waals surface area contributed by atoms with Gasteiger partial charge in [0.05, 0.1) is 5.69 Å². The summed E-state index contributed by atoms with van der Waals surface area (Å²) in [7, 11) is 0. The molecule has 1 N–H and O–H groups in total. The number of fused-ring (bicyclic) bond motifs is 1. The smallest absolute Gasteiger partial charge is 0.186 e. The number of rotatable bonds is 2. The largest absolute Gasteiger partial charge is 0.311 e. The number of imidazole rings is 1. The van der Waals surface area contributed by atoms with Crippen LogP contribution in [0.3, 0.4) is 0 Å². The van der Waals surface area contributed by atoms with Crippen LogP contribution in [0.2, 0.25) is 0 Å². The molecule has 0 aliphatic carbocycles. The van der Waals surface area contributed by atoms with E-state index in [0.717, 1.165) is 0 Å². The first-order valence-electron chi connectivity index (χ1n) is 6.68. The highest BCUT2D eigenvalue weighted by molar-refractivity contribution is 5.42. The molecule has 112 valence electrons. The second-order valence-electron chi connectivity index (χ2n) is 4.85. The first kappa shape index (κ1) is 14.1. The first-order chi connectivity index (χ1) is 10.0. The summed E-state index contributed by atoms with van der Waals surface area (Å²) in [5, 5.41) is 3.10. The minimum absolute atomic E-state index is 0.213. The third-order valence-corrected chi connectivity index (χ3v) is 3.58. The quantitative estimate of drug-likeness (QED) is 0.682.